The van der Waals surface area contributed by atoms with E-state index in [1.54, 1.807) is 5.57 Å². The molecule has 0 radical (unpaired) electrons. The lowest BCUT2D eigenvalue weighted by Gasteiger charge is -2.14. The molecule has 1 unspecified atom stereocenters. The average molecular weight is 208 g/mol. The topological polar surface area (TPSA) is 0 Å². The Morgan fingerprint density at radius 2 is 1.94 bits per heavy atom. The van der Waals surface area contributed by atoms with Crippen molar-refractivity contribution < 1.29 is 0 Å². The highest BCUT2D eigenvalue weighted by Gasteiger charge is 2.24. The van der Waals surface area contributed by atoms with E-state index in [0.717, 1.165) is 6.42 Å². The summed E-state index contributed by atoms with van der Waals surface area (Å²) in [6.45, 7) is 4.47. The molecule has 0 N–H and O–H groups in total. The molecule has 1 aromatic carbocycles. The highest BCUT2D eigenvalue weighted by molar-refractivity contribution is 5.66. The second-order valence-electron chi connectivity index (χ2n) is 4.71. The van der Waals surface area contributed by atoms with Gasteiger partial charge in [0.25, 0.3) is 0 Å². The molecule has 3 rings (SSSR count). The lowest BCUT2D eigenvalue weighted by molar-refractivity contribution is 0.959. The van der Waals surface area contributed by atoms with Gasteiger partial charge in [0.05, 0.1) is 0 Å². The Balaban J connectivity index is 2.04. The van der Waals surface area contributed by atoms with E-state index in [9.17, 15) is 0 Å². The van der Waals surface area contributed by atoms with Gasteiger partial charge in [0.1, 0.15) is 0 Å². The Morgan fingerprint density at radius 1 is 1.12 bits per heavy atom. The van der Waals surface area contributed by atoms with E-state index in [2.05, 4.69) is 56.3 Å². The maximum atomic E-state index is 2.35. The number of rotatable bonds is 1. The van der Waals surface area contributed by atoms with Gasteiger partial charge in [-0.2, -0.15) is 0 Å². The lowest BCUT2D eigenvalue weighted by Crippen LogP contribution is -1.97. The van der Waals surface area contributed by atoms with Gasteiger partial charge in [-0.25, -0.2) is 0 Å². The van der Waals surface area contributed by atoms with E-state index < -0.39 is 0 Å². The van der Waals surface area contributed by atoms with Crippen LogP contribution >= 0.6 is 0 Å². The van der Waals surface area contributed by atoms with Crippen LogP contribution < -0.4 is 0 Å². The summed E-state index contributed by atoms with van der Waals surface area (Å²) in [5.41, 5.74) is 7.38. The molecule has 16 heavy (non-hydrogen) atoms. The van der Waals surface area contributed by atoms with Crippen molar-refractivity contribution in [3.05, 3.63) is 64.3 Å². The van der Waals surface area contributed by atoms with Crippen LogP contribution in [0.25, 0.3) is 6.08 Å². The van der Waals surface area contributed by atoms with E-state index in [-0.39, 0.29) is 0 Å². The third-order valence-electron chi connectivity index (χ3n) is 3.88. The van der Waals surface area contributed by atoms with Crippen molar-refractivity contribution in [3.8, 4) is 0 Å². The minimum absolute atomic E-state index is 0.518. The first-order valence-electron chi connectivity index (χ1n) is 5.91. The molecule has 0 bridgehead atoms. The molecule has 0 heterocycles. The van der Waals surface area contributed by atoms with E-state index in [1.165, 1.54) is 22.3 Å². The van der Waals surface area contributed by atoms with Gasteiger partial charge in [0.15, 0.2) is 0 Å². The van der Waals surface area contributed by atoms with Gasteiger partial charge in [0.2, 0.25) is 0 Å². The number of allylic oxidation sites excluding steroid dienone is 5. The van der Waals surface area contributed by atoms with Crippen molar-refractivity contribution in [2.75, 3.05) is 0 Å². The van der Waals surface area contributed by atoms with Crippen molar-refractivity contribution in [1.82, 2.24) is 0 Å². The molecule has 0 heteroatoms. The molecule has 2 aliphatic rings. The summed E-state index contributed by atoms with van der Waals surface area (Å²) < 4.78 is 0. The van der Waals surface area contributed by atoms with Gasteiger partial charge >= 0.3 is 0 Å². The predicted octanol–water partition coefficient (Wildman–Crippen LogP) is 4.46. The third-order valence-corrected chi connectivity index (χ3v) is 3.88. The quantitative estimate of drug-likeness (QED) is 0.639. The molecule has 1 atom stereocenters. The van der Waals surface area contributed by atoms with Crippen molar-refractivity contribution >= 4 is 6.08 Å². The van der Waals surface area contributed by atoms with E-state index in [0.29, 0.717) is 5.92 Å². The normalized spacial score (nSPS) is 22.6. The highest BCUT2D eigenvalue weighted by Crippen LogP contribution is 2.41. The van der Waals surface area contributed by atoms with Crippen LogP contribution in [0, 0.1) is 0 Å². The van der Waals surface area contributed by atoms with E-state index in [4.69, 9.17) is 0 Å². The molecule has 0 saturated carbocycles. The van der Waals surface area contributed by atoms with Gasteiger partial charge in [0, 0.05) is 5.92 Å². The SMILES string of the molecule is CC1=CCC(C2C=Cc3ccccc32)=C1C. The predicted molar refractivity (Wildman–Crippen MR) is 69.3 cm³/mol. The van der Waals surface area contributed by atoms with Gasteiger partial charge in [-0.3, -0.25) is 0 Å². The van der Waals surface area contributed by atoms with Crippen LogP contribution in [-0.2, 0) is 0 Å². The smallest absolute Gasteiger partial charge is 0.0246 e. The summed E-state index contributed by atoms with van der Waals surface area (Å²) in [6.07, 6.45) is 8.07. The van der Waals surface area contributed by atoms with Crippen molar-refractivity contribution in [1.29, 1.82) is 0 Å². The fraction of sp³-hybridized carbons (Fsp3) is 0.250. The minimum Gasteiger partial charge on any atom is -0.0772 e. The summed E-state index contributed by atoms with van der Waals surface area (Å²) in [7, 11) is 0. The average Bonchev–Trinajstić information content (AvgIpc) is 2.85. The molecule has 80 valence electrons. The largest absolute Gasteiger partial charge is 0.0772 e. The monoisotopic (exact) mass is 208 g/mol. The third kappa shape index (κ3) is 1.30. The number of fused-ring (bicyclic) bond motifs is 1. The molecule has 1 aromatic rings. The van der Waals surface area contributed by atoms with Crippen LogP contribution in [0.15, 0.2) is 53.1 Å². The zero-order chi connectivity index (χ0) is 11.1. The van der Waals surface area contributed by atoms with Gasteiger partial charge < -0.3 is 0 Å². The molecule has 0 saturated heterocycles. The molecule has 0 aromatic heterocycles. The molecule has 2 aliphatic carbocycles. The van der Waals surface area contributed by atoms with E-state index >= 15 is 0 Å². The fourth-order valence-corrected chi connectivity index (χ4v) is 2.74. The number of hydrogen-bond acceptors (Lipinski definition) is 0. The molecule has 0 spiro atoms. The molecule has 0 aliphatic heterocycles. The Morgan fingerprint density at radius 3 is 2.69 bits per heavy atom. The maximum Gasteiger partial charge on any atom is 0.0246 e. The first-order chi connectivity index (χ1) is 7.77. The van der Waals surface area contributed by atoms with Gasteiger partial charge in [-0.05, 0) is 37.0 Å². The van der Waals surface area contributed by atoms with Crippen molar-refractivity contribution in [3.63, 3.8) is 0 Å². The second kappa shape index (κ2) is 3.48. The van der Waals surface area contributed by atoms with Gasteiger partial charge in [-0.1, -0.05) is 53.6 Å². The van der Waals surface area contributed by atoms with Crippen LogP contribution in [-0.4, -0.2) is 0 Å². The summed E-state index contributed by atoms with van der Waals surface area (Å²) in [5, 5.41) is 0. The molecule has 0 fully saturated rings. The molecular formula is C16H16. The molecule has 0 amide bonds. The summed E-state index contributed by atoms with van der Waals surface area (Å²) in [4.78, 5) is 0. The standard InChI is InChI=1S/C16H16/c1-11-7-9-14(12(11)2)16-10-8-13-5-3-4-6-15(13)16/h3-8,10,16H,9H2,1-2H3. The molecule has 0 nitrogen and oxygen atoms in total. The van der Waals surface area contributed by atoms with Crippen LogP contribution in [0.5, 0.6) is 0 Å². The zero-order valence-corrected chi connectivity index (χ0v) is 9.83. The Kier molecular flexibility index (Phi) is 2.10. The lowest BCUT2D eigenvalue weighted by atomic mass is 9.90. The number of benzene rings is 1. The fourth-order valence-electron chi connectivity index (χ4n) is 2.74. The molecular weight excluding hydrogens is 192 g/mol. The Labute approximate surface area is 97.0 Å². The first kappa shape index (κ1) is 9.65. The number of hydrogen-bond donors (Lipinski definition) is 0. The summed E-state index contributed by atoms with van der Waals surface area (Å²) >= 11 is 0. The van der Waals surface area contributed by atoms with Crippen molar-refractivity contribution in [2.24, 2.45) is 0 Å². The second-order valence-corrected chi connectivity index (χ2v) is 4.71. The summed E-state index contributed by atoms with van der Waals surface area (Å²) in [6, 6.07) is 8.72. The van der Waals surface area contributed by atoms with Crippen LogP contribution in [0.1, 0.15) is 37.3 Å². The Bertz CT molecular complexity index is 527. The highest BCUT2D eigenvalue weighted by atomic mass is 14.3. The van der Waals surface area contributed by atoms with Crippen LogP contribution in [0.4, 0.5) is 0 Å². The van der Waals surface area contributed by atoms with Crippen LogP contribution in [0.3, 0.4) is 0 Å². The van der Waals surface area contributed by atoms with Gasteiger partial charge in [-0.15, -0.1) is 0 Å². The summed E-state index contributed by atoms with van der Waals surface area (Å²) in [5.74, 6) is 0.518. The van der Waals surface area contributed by atoms with Crippen molar-refractivity contribution in [2.45, 2.75) is 26.2 Å². The van der Waals surface area contributed by atoms with Crippen LogP contribution in [0.2, 0.25) is 0 Å². The van der Waals surface area contributed by atoms with E-state index in [1.807, 2.05) is 0 Å². The Hall–Kier alpha value is -1.56. The maximum absolute atomic E-state index is 2.35. The zero-order valence-electron chi connectivity index (χ0n) is 9.83. The minimum atomic E-state index is 0.518. The first-order valence-corrected chi connectivity index (χ1v) is 5.91.